The minimum Gasteiger partial charge on any atom is -0.310 e. The number of nitrogens with zero attached hydrogens (tertiary/aromatic N) is 2. The Hall–Kier alpha value is -2.18. The largest absolute Gasteiger partial charge is 0.310 e. The van der Waals surface area contributed by atoms with Gasteiger partial charge in [0, 0.05) is 17.2 Å². The van der Waals surface area contributed by atoms with Gasteiger partial charge in [0.05, 0.1) is 16.4 Å². The van der Waals surface area contributed by atoms with Crippen molar-refractivity contribution in [2.75, 3.05) is 5.32 Å². The number of aromatic nitrogens is 2. The smallest absolute Gasteiger partial charge is 0.226 e. The molecule has 0 aliphatic carbocycles. The highest BCUT2D eigenvalue weighted by Gasteiger charge is 2.31. The lowest BCUT2D eigenvalue weighted by atomic mass is 9.96. The highest BCUT2D eigenvalue weighted by molar-refractivity contribution is 7.10. The number of carbonyl (C=O) groups is 1. The van der Waals surface area contributed by atoms with E-state index in [2.05, 4.69) is 10.3 Å². The number of hydrogen-bond acceptors (Lipinski definition) is 3. The third kappa shape index (κ3) is 2.44. The molecule has 3 heterocycles. The van der Waals surface area contributed by atoms with E-state index in [0.29, 0.717) is 17.9 Å². The summed E-state index contributed by atoms with van der Waals surface area (Å²) >= 11 is 7.46. The number of benzene rings is 1. The van der Waals surface area contributed by atoms with Crippen molar-refractivity contribution in [1.82, 2.24) is 9.55 Å². The van der Waals surface area contributed by atoms with Gasteiger partial charge in [-0.2, -0.15) is 0 Å². The van der Waals surface area contributed by atoms with Gasteiger partial charge in [-0.15, -0.1) is 11.3 Å². The van der Waals surface area contributed by atoms with E-state index in [-0.39, 0.29) is 16.8 Å². The Morgan fingerprint density at radius 3 is 3.00 bits per heavy atom. The van der Waals surface area contributed by atoms with Crippen LogP contribution in [-0.4, -0.2) is 15.5 Å². The number of rotatable bonds is 2. The lowest BCUT2D eigenvalue weighted by Gasteiger charge is -2.22. The summed E-state index contributed by atoms with van der Waals surface area (Å²) in [6, 6.07) is 8.38. The van der Waals surface area contributed by atoms with E-state index in [4.69, 9.17) is 11.6 Å². The molecule has 1 N–H and O–H groups in total. The highest BCUT2D eigenvalue weighted by Crippen LogP contribution is 2.39. The molecule has 4 rings (SSSR count). The zero-order chi connectivity index (χ0) is 16.0. The van der Waals surface area contributed by atoms with Crippen LogP contribution in [-0.2, 0) is 4.79 Å². The summed E-state index contributed by atoms with van der Waals surface area (Å²) in [4.78, 5) is 17.7. The first kappa shape index (κ1) is 14.4. The predicted octanol–water partition coefficient (Wildman–Crippen LogP) is 4.20. The maximum atomic E-state index is 13.4. The van der Waals surface area contributed by atoms with Crippen LogP contribution in [0.4, 0.5) is 10.2 Å². The summed E-state index contributed by atoms with van der Waals surface area (Å²) in [6.07, 6.45) is 2.00. The number of fused-ring (bicyclic) bond motifs is 1. The third-order valence-electron chi connectivity index (χ3n) is 3.84. The van der Waals surface area contributed by atoms with E-state index < -0.39 is 5.82 Å². The summed E-state index contributed by atoms with van der Waals surface area (Å²) in [5, 5.41) is 4.88. The van der Waals surface area contributed by atoms with Crippen molar-refractivity contribution in [2.45, 2.75) is 12.3 Å². The number of anilines is 1. The first-order valence-electron chi connectivity index (χ1n) is 6.99. The fourth-order valence-corrected chi connectivity index (χ4v) is 3.77. The number of thiophene rings is 1. The van der Waals surface area contributed by atoms with Crippen molar-refractivity contribution in [1.29, 1.82) is 0 Å². The molecule has 0 unspecified atom stereocenters. The number of carbonyl (C=O) groups excluding carboxylic acids is 1. The zero-order valence-corrected chi connectivity index (χ0v) is 13.4. The van der Waals surface area contributed by atoms with Gasteiger partial charge in [0.1, 0.15) is 18.0 Å². The van der Waals surface area contributed by atoms with Crippen LogP contribution in [0.1, 0.15) is 22.9 Å². The Labute approximate surface area is 140 Å². The SMILES string of the molecule is O=C1C[C@@H](c2cccs2)c2ncn(-c3ccc(F)c(Cl)c3)c2N1. The maximum absolute atomic E-state index is 13.4. The number of nitrogens with one attached hydrogen (secondary N) is 1. The fraction of sp³-hybridized carbons (Fsp3) is 0.125. The van der Waals surface area contributed by atoms with Gasteiger partial charge in [-0.1, -0.05) is 17.7 Å². The van der Waals surface area contributed by atoms with Gasteiger partial charge in [0.15, 0.2) is 0 Å². The van der Waals surface area contributed by atoms with E-state index >= 15 is 0 Å². The lowest BCUT2D eigenvalue weighted by Crippen LogP contribution is -2.24. The van der Waals surface area contributed by atoms with Gasteiger partial charge in [0.2, 0.25) is 5.91 Å². The molecule has 0 saturated carbocycles. The van der Waals surface area contributed by atoms with Gasteiger partial charge in [0.25, 0.3) is 0 Å². The van der Waals surface area contributed by atoms with Crippen molar-refractivity contribution < 1.29 is 9.18 Å². The summed E-state index contributed by atoms with van der Waals surface area (Å²) in [5.41, 5.74) is 1.46. The number of amides is 1. The molecule has 0 spiro atoms. The van der Waals surface area contributed by atoms with E-state index in [0.717, 1.165) is 10.6 Å². The minimum absolute atomic E-state index is 0.0295. The first-order chi connectivity index (χ1) is 11.1. The fourth-order valence-electron chi connectivity index (χ4n) is 2.76. The Morgan fingerprint density at radius 1 is 1.39 bits per heavy atom. The van der Waals surface area contributed by atoms with Crippen LogP contribution in [0.3, 0.4) is 0 Å². The van der Waals surface area contributed by atoms with Crippen molar-refractivity contribution in [2.24, 2.45) is 0 Å². The van der Waals surface area contributed by atoms with Gasteiger partial charge >= 0.3 is 0 Å². The van der Waals surface area contributed by atoms with Crippen LogP contribution < -0.4 is 5.32 Å². The van der Waals surface area contributed by atoms with Crippen LogP contribution in [0.25, 0.3) is 5.69 Å². The highest BCUT2D eigenvalue weighted by atomic mass is 35.5. The second kappa shape index (κ2) is 5.47. The van der Waals surface area contributed by atoms with Gasteiger partial charge in [-0.25, -0.2) is 9.37 Å². The normalized spacial score (nSPS) is 17.0. The topological polar surface area (TPSA) is 46.9 Å². The van der Waals surface area contributed by atoms with Crippen LogP contribution in [0, 0.1) is 5.82 Å². The molecule has 3 aromatic rings. The van der Waals surface area contributed by atoms with E-state index in [9.17, 15) is 9.18 Å². The van der Waals surface area contributed by atoms with Crippen molar-refractivity contribution >= 4 is 34.7 Å². The molecule has 7 heteroatoms. The lowest BCUT2D eigenvalue weighted by molar-refractivity contribution is -0.116. The average Bonchev–Trinajstić information content (AvgIpc) is 3.18. The second-order valence-electron chi connectivity index (χ2n) is 5.27. The predicted molar refractivity (Wildman–Crippen MR) is 87.9 cm³/mol. The first-order valence-corrected chi connectivity index (χ1v) is 8.25. The molecule has 0 fully saturated rings. The van der Waals surface area contributed by atoms with Crippen LogP contribution in [0.15, 0.2) is 42.0 Å². The summed E-state index contributed by atoms with van der Waals surface area (Å²) in [5.74, 6) is 0.00833. The summed E-state index contributed by atoms with van der Waals surface area (Å²) in [7, 11) is 0. The third-order valence-corrected chi connectivity index (χ3v) is 5.12. The van der Waals surface area contributed by atoms with Gasteiger partial charge < -0.3 is 5.32 Å². The Bertz CT molecular complexity index is 891. The molecular weight excluding hydrogens is 337 g/mol. The molecule has 4 nitrogen and oxygen atoms in total. The molecule has 1 aliphatic heterocycles. The second-order valence-corrected chi connectivity index (χ2v) is 6.65. The van der Waals surface area contributed by atoms with E-state index in [1.165, 1.54) is 12.1 Å². The molecule has 116 valence electrons. The van der Waals surface area contributed by atoms with E-state index in [1.54, 1.807) is 28.3 Å². The van der Waals surface area contributed by atoms with Gasteiger partial charge in [-0.05, 0) is 29.6 Å². The molecule has 2 aromatic heterocycles. The Morgan fingerprint density at radius 2 is 2.26 bits per heavy atom. The Balaban J connectivity index is 1.83. The number of hydrogen-bond donors (Lipinski definition) is 1. The molecule has 23 heavy (non-hydrogen) atoms. The van der Waals surface area contributed by atoms with Gasteiger partial charge in [-0.3, -0.25) is 9.36 Å². The molecular formula is C16H11ClFN3OS. The van der Waals surface area contributed by atoms with E-state index in [1.807, 2.05) is 17.5 Å². The summed E-state index contributed by atoms with van der Waals surface area (Å²) in [6.45, 7) is 0. The minimum atomic E-state index is -0.482. The molecule has 1 amide bonds. The summed E-state index contributed by atoms with van der Waals surface area (Å²) < 4.78 is 15.1. The Kier molecular flexibility index (Phi) is 3.43. The molecule has 0 saturated heterocycles. The number of imidazole rings is 1. The average molecular weight is 348 g/mol. The molecule has 0 bridgehead atoms. The number of halogens is 2. The molecule has 1 aliphatic rings. The standard InChI is InChI=1S/C16H11ClFN3OS/c17-11-6-9(3-4-12(11)18)21-8-19-15-10(13-2-1-5-23-13)7-14(22)20-16(15)21/h1-6,8,10H,7H2,(H,20,22)/t10-/m0/s1. The molecule has 1 atom stereocenters. The molecule has 1 aromatic carbocycles. The monoisotopic (exact) mass is 347 g/mol. The van der Waals surface area contributed by atoms with Crippen molar-refractivity contribution in [3.05, 3.63) is 63.5 Å². The van der Waals surface area contributed by atoms with Crippen molar-refractivity contribution in [3.8, 4) is 5.69 Å². The molecule has 0 radical (unpaired) electrons. The quantitative estimate of drug-likeness (QED) is 0.755. The van der Waals surface area contributed by atoms with Crippen LogP contribution >= 0.6 is 22.9 Å². The maximum Gasteiger partial charge on any atom is 0.226 e. The van der Waals surface area contributed by atoms with Crippen molar-refractivity contribution in [3.63, 3.8) is 0 Å². The zero-order valence-electron chi connectivity index (χ0n) is 11.8. The van der Waals surface area contributed by atoms with Crippen LogP contribution in [0.5, 0.6) is 0 Å². The van der Waals surface area contributed by atoms with Crippen LogP contribution in [0.2, 0.25) is 5.02 Å².